The van der Waals surface area contributed by atoms with Crippen molar-refractivity contribution in [3.05, 3.63) is 53.6 Å². The van der Waals surface area contributed by atoms with Gasteiger partial charge in [0.2, 0.25) is 0 Å². The van der Waals surface area contributed by atoms with Crippen molar-refractivity contribution in [2.45, 2.75) is 19.3 Å². The average Bonchev–Trinajstić information content (AvgIpc) is 2.60. The van der Waals surface area contributed by atoms with E-state index >= 15 is 0 Å². The summed E-state index contributed by atoms with van der Waals surface area (Å²) in [6.45, 7) is 3.50. The molecule has 0 aliphatic carbocycles. The van der Waals surface area contributed by atoms with Crippen molar-refractivity contribution in [2.75, 3.05) is 21.3 Å². The lowest BCUT2D eigenvalue weighted by molar-refractivity contribution is -0.120. The molecule has 0 aliphatic heterocycles. The highest BCUT2D eigenvalue weighted by molar-refractivity contribution is 5.92. The van der Waals surface area contributed by atoms with Gasteiger partial charge >= 0.3 is 0 Å². The molecule has 0 spiro atoms. The van der Waals surface area contributed by atoms with Crippen LogP contribution in [0.25, 0.3) is 0 Å². The van der Waals surface area contributed by atoms with Crippen LogP contribution in [0.1, 0.15) is 25.0 Å². The van der Waals surface area contributed by atoms with Crippen LogP contribution < -0.4 is 14.2 Å². The van der Waals surface area contributed by atoms with Crippen LogP contribution in [0, 0.1) is 0 Å². The molecule has 1 unspecified atom stereocenters. The highest BCUT2D eigenvalue weighted by atomic mass is 16.5. The van der Waals surface area contributed by atoms with Crippen molar-refractivity contribution >= 4 is 5.78 Å². The molecule has 0 fully saturated rings. The normalized spacial score (nSPS) is 13.1. The Hall–Kier alpha value is -2.49. The van der Waals surface area contributed by atoms with Gasteiger partial charge in [-0.2, -0.15) is 0 Å². The van der Waals surface area contributed by atoms with Gasteiger partial charge < -0.3 is 14.2 Å². The van der Waals surface area contributed by atoms with E-state index in [1.54, 1.807) is 34.3 Å². The van der Waals surface area contributed by atoms with Crippen molar-refractivity contribution in [1.82, 2.24) is 0 Å². The lowest BCUT2D eigenvalue weighted by Gasteiger charge is -2.30. The van der Waals surface area contributed by atoms with Gasteiger partial charge in [-0.1, -0.05) is 18.2 Å². The largest absolute Gasteiger partial charge is 0.497 e. The van der Waals surface area contributed by atoms with Crippen molar-refractivity contribution in [1.29, 1.82) is 0 Å². The number of ether oxygens (including phenoxy) is 3. The molecule has 122 valence electrons. The molecule has 0 saturated heterocycles. The van der Waals surface area contributed by atoms with E-state index in [-0.39, 0.29) is 5.78 Å². The maximum absolute atomic E-state index is 12.5. The van der Waals surface area contributed by atoms with E-state index in [0.29, 0.717) is 11.5 Å². The second-order valence-electron chi connectivity index (χ2n) is 5.48. The Labute approximate surface area is 137 Å². The number of rotatable bonds is 6. The lowest BCUT2D eigenvalue weighted by atomic mass is 9.73. The van der Waals surface area contributed by atoms with Crippen LogP contribution in [-0.2, 0) is 10.2 Å². The molecule has 2 aromatic carbocycles. The van der Waals surface area contributed by atoms with E-state index in [4.69, 9.17) is 14.2 Å². The predicted molar refractivity (Wildman–Crippen MR) is 89.7 cm³/mol. The molecule has 4 heteroatoms. The van der Waals surface area contributed by atoms with E-state index < -0.39 is 5.41 Å². The van der Waals surface area contributed by atoms with Gasteiger partial charge in [-0.25, -0.2) is 0 Å². The smallest absolute Gasteiger partial charge is 0.144 e. The quantitative estimate of drug-likeness (QED) is 0.817. The summed E-state index contributed by atoms with van der Waals surface area (Å²) in [6, 6.07) is 13.0. The first kappa shape index (κ1) is 16.9. The molecular formula is C19H22O4. The summed E-state index contributed by atoms with van der Waals surface area (Å²) in [4.78, 5) is 12.5. The number of Topliss-reactive ketones (excluding diaryl/α,β-unsaturated/α-hetero) is 1. The number of hydrogen-bond acceptors (Lipinski definition) is 4. The Bertz CT molecular complexity index is 691. The molecule has 0 amide bonds. The van der Waals surface area contributed by atoms with Crippen molar-refractivity contribution in [3.63, 3.8) is 0 Å². The highest BCUT2D eigenvalue weighted by Gasteiger charge is 2.36. The summed E-state index contributed by atoms with van der Waals surface area (Å²) in [5, 5.41) is 0. The molecule has 2 aromatic rings. The van der Waals surface area contributed by atoms with Gasteiger partial charge in [0, 0.05) is 11.6 Å². The van der Waals surface area contributed by atoms with Crippen molar-refractivity contribution in [2.24, 2.45) is 0 Å². The minimum Gasteiger partial charge on any atom is -0.497 e. The van der Waals surface area contributed by atoms with Gasteiger partial charge in [-0.15, -0.1) is 0 Å². The first-order valence-corrected chi connectivity index (χ1v) is 7.35. The molecule has 0 heterocycles. The van der Waals surface area contributed by atoms with Crippen molar-refractivity contribution in [3.8, 4) is 17.2 Å². The first-order chi connectivity index (χ1) is 11.0. The summed E-state index contributed by atoms with van der Waals surface area (Å²) in [7, 11) is 4.81. The van der Waals surface area contributed by atoms with E-state index in [1.165, 1.54) is 0 Å². The van der Waals surface area contributed by atoms with Crippen LogP contribution >= 0.6 is 0 Å². The molecule has 2 rings (SSSR count). The standard InChI is InChI=1S/C19H22O4/c1-13(20)19(2,14-6-8-15(21-3)9-7-14)17-11-10-16(22-4)12-18(17)23-5/h6-12H,1-5H3. The van der Waals surface area contributed by atoms with Crippen LogP contribution in [0.2, 0.25) is 0 Å². The lowest BCUT2D eigenvalue weighted by Crippen LogP contribution is -2.32. The summed E-state index contributed by atoms with van der Waals surface area (Å²) < 4.78 is 15.9. The first-order valence-electron chi connectivity index (χ1n) is 7.35. The van der Waals surface area contributed by atoms with Gasteiger partial charge in [-0.05, 0) is 37.6 Å². The molecular weight excluding hydrogens is 292 g/mol. The number of carbonyl (C=O) groups excluding carboxylic acids is 1. The number of methoxy groups -OCH3 is 3. The van der Waals surface area contributed by atoms with Crippen molar-refractivity contribution < 1.29 is 19.0 Å². The van der Waals surface area contributed by atoms with Gasteiger partial charge in [-0.3, -0.25) is 4.79 Å². The zero-order chi connectivity index (χ0) is 17.0. The molecule has 0 N–H and O–H groups in total. The average molecular weight is 314 g/mol. The third-order valence-electron chi connectivity index (χ3n) is 4.32. The van der Waals surface area contributed by atoms with E-state index in [9.17, 15) is 4.79 Å². The summed E-state index contributed by atoms with van der Waals surface area (Å²) in [5.41, 5.74) is 0.872. The molecule has 0 aromatic heterocycles. The topological polar surface area (TPSA) is 44.8 Å². The fourth-order valence-corrected chi connectivity index (χ4v) is 2.68. The fourth-order valence-electron chi connectivity index (χ4n) is 2.68. The Morgan fingerprint density at radius 2 is 1.43 bits per heavy atom. The van der Waals surface area contributed by atoms with Gasteiger partial charge in [0.15, 0.2) is 0 Å². The Balaban J connectivity index is 2.62. The van der Waals surface area contributed by atoms with Gasteiger partial charge in [0.1, 0.15) is 23.0 Å². The predicted octanol–water partition coefficient (Wildman–Crippen LogP) is 3.61. The van der Waals surface area contributed by atoms with E-state index in [2.05, 4.69) is 0 Å². The third-order valence-corrected chi connectivity index (χ3v) is 4.32. The van der Waals surface area contributed by atoms with Crippen LogP contribution in [0.5, 0.6) is 17.2 Å². The molecule has 1 atom stereocenters. The molecule has 4 nitrogen and oxygen atoms in total. The van der Waals surface area contributed by atoms with Gasteiger partial charge in [0.25, 0.3) is 0 Å². The number of carbonyl (C=O) groups is 1. The van der Waals surface area contributed by atoms with Crippen LogP contribution in [-0.4, -0.2) is 27.1 Å². The minimum atomic E-state index is -0.816. The molecule has 0 aliphatic rings. The van der Waals surface area contributed by atoms with Crippen LogP contribution in [0.4, 0.5) is 0 Å². The van der Waals surface area contributed by atoms with Gasteiger partial charge in [0.05, 0.1) is 26.7 Å². The SMILES string of the molecule is COc1ccc(C(C)(C(C)=O)c2ccc(OC)cc2OC)cc1. The number of hydrogen-bond donors (Lipinski definition) is 0. The van der Waals surface area contributed by atoms with Crippen LogP contribution in [0.15, 0.2) is 42.5 Å². The Kier molecular flexibility index (Phi) is 4.94. The number of benzene rings is 2. The monoisotopic (exact) mass is 314 g/mol. The second-order valence-corrected chi connectivity index (χ2v) is 5.48. The zero-order valence-corrected chi connectivity index (χ0v) is 14.2. The second kappa shape index (κ2) is 6.73. The summed E-state index contributed by atoms with van der Waals surface area (Å²) in [6.07, 6.45) is 0. The highest BCUT2D eigenvalue weighted by Crippen LogP contribution is 2.40. The molecule has 0 saturated carbocycles. The number of ketones is 1. The Morgan fingerprint density at radius 3 is 1.91 bits per heavy atom. The van der Waals surface area contributed by atoms with E-state index in [0.717, 1.165) is 16.9 Å². The fraction of sp³-hybridized carbons (Fsp3) is 0.316. The van der Waals surface area contributed by atoms with E-state index in [1.807, 2.05) is 43.3 Å². The zero-order valence-electron chi connectivity index (χ0n) is 14.2. The molecule has 23 heavy (non-hydrogen) atoms. The summed E-state index contributed by atoms with van der Waals surface area (Å²) >= 11 is 0. The molecule has 0 radical (unpaired) electrons. The van der Waals surface area contributed by atoms with Crippen LogP contribution in [0.3, 0.4) is 0 Å². The Morgan fingerprint density at radius 1 is 0.870 bits per heavy atom. The maximum atomic E-state index is 12.5. The minimum absolute atomic E-state index is 0.0335. The molecule has 0 bridgehead atoms. The maximum Gasteiger partial charge on any atom is 0.144 e. The summed E-state index contributed by atoms with van der Waals surface area (Å²) in [5.74, 6) is 2.09. The third kappa shape index (κ3) is 3.02.